The lowest BCUT2D eigenvalue weighted by Crippen LogP contribution is -2.19. The molecule has 5 heteroatoms. The fourth-order valence-corrected chi connectivity index (χ4v) is 5.74. The molecule has 1 atom stereocenters. The van der Waals surface area contributed by atoms with Crippen molar-refractivity contribution in [1.29, 1.82) is 0 Å². The lowest BCUT2D eigenvalue weighted by molar-refractivity contribution is 0.0518. The molecule has 150 valence electrons. The van der Waals surface area contributed by atoms with E-state index in [1.165, 1.54) is 37.0 Å². The molecule has 1 N–H and O–H groups in total. The van der Waals surface area contributed by atoms with E-state index in [1.54, 1.807) is 11.3 Å². The van der Waals surface area contributed by atoms with E-state index >= 15 is 0 Å². The molecule has 1 saturated carbocycles. The number of Topliss-reactive ketones (excluding diaryl/α,β-unsaturated/α-hetero) is 1. The number of fused-ring (bicyclic) bond motifs is 1. The first-order valence-electron chi connectivity index (χ1n) is 10.6. The minimum absolute atomic E-state index is 0.171. The Balaban J connectivity index is 1.62. The molecule has 0 aliphatic heterocycles. The molecule has 4 rings (SSSR count). The van der Waals surface area contributed by atoms with Crippen LogP contribution in [0.2, 0.25) is 0 Å². The number of H-pyrrole nitrogens is 1. The van der Waals surface area contributed by atoms with Gasteiger partial charge < -0.3 is 9.72 Å². The molecule has 2 aromatic rings. The van der Waals surface area contributed by atoms with E-state index in [4.69, 9.17) is 4.74 Å². The van der Waals surface area contributed by atoms with E-state index < -0.39 is 0 Å². The van der Waals surface area contributed by atoms with Gasteiger partial charge >= 0.3 is 5.97 Å². The molecule has 0 bridgehead atoms. The van der Waals surface area contributed by atoms with Gasteiger partial charge in [0.15, 0.2) is 5.78 Å². The molecule has 1 fully saturated rings. The fraction of sp³-hybridized carbons (Fsp3) is 0.565. The maximum atomic E-state index is 13.1. The van der Waals surface area contributed by atoms with Crippen molar-refractivity contribution in [2.45, 2.75) is 70.6 Å². The smallest absolute Gasteiger partial charge is 0.355 e. The normalized spacial score (nSPS) is 20.2. The predicted molar refractivity (Wildman–Crippen MR) is 111 cm³/mol. The number of ketones is 1. The number of nitrogens with one attached hydrogen (secondary N) is 1. The maximum absolute atomic E-state index is 13.1. The molecular weight excluding hydrogens is 370 g/mol. The van der Waals surface area contributed by atoms with Crippen LogP contribution in [0.4, 0.5) is 0 Å². The second kappa shape index (κ2) is 8.64. The first kappa shape index (κ1) is 19.4. The average molecular weight is 400 g/mol. The lowest BCUT2D eigenvalue weighted by atomic mass is 9.81. The van der Waals surface area contributed by atoms with Crippen molar-refractivity contribution >= 4 is 23.1 Å². The number of aromatic nitrogens is 1. The van der Waals surface area contributed by atoms with E-state index in [0.29, 0.717) is 24.6 Å². The number of ether oxygens (including phenoxy) is 1. The highest BCUT2D eigenvalue weighted by Crippen LogP contribution is 2.38. The number of thiophene rings is 1. The second-order valence-electron chi connectivity index (χ2n) is 8.14. The van der Waals surface area contributed by atoms with Crippen LogP contribution < -0.4 is 0 Å². The van der Waals surface area contributed by atoms with E-state index in [9.17, 15) is 9.59 Å². The van der Waals surface area contributed by atoms with Crippen LogP contribution >= 0.6 is 11.3 Å². The first-order chi connectivity index (χ1) is 13.7. The molecule has 0 aromatic carbocycles. The molecule has 0 radical (unpaired) electrons. The highest BCUT2D eigenvalue weighted by Gasteiger charge is 2.34. The number of rotatable bonds is 6. The van der Waals surface area contributed by atoms with Crippen molar-refractivity contribution in [3.63, 3.8) is 0 Å². The number of aromatic amines is 1. The summed E-state index contributed by atoms with van der Waals surface area (Å²) in [5.41, 5.74) is 3.14. The summed E-state index contributed by atoms with van der Waals surface area (Å²) in [4.78, 5) is 30.2. The quantitative estimate of drug-likeness (QED) is 0.636. The summed E-state index contributed by atoms with van der Waals surface area (Å²) in [6.45, 7) is 2.16. The molecule has 2 aliphatic carbocycles. The third-order valence-electron chi connectivity index (χ3n) is 6.29. The number of hydrogen-bond acceptors (Lipinski definition) is 4. The van der Waals surface area contributed by atoms with Crippen LogP contribution in [0.3, 0.4) is 0 Å². The molecular formula is C23H29NO3S. The minimum Gasteiger partial charge on any atom is -0.461 e. The fourth-order valence-electron chi connectivity index (χ4n) is 4.91. The zero-order valence-corrected chi connectivity index (χ0v) is 17.4. The largest absolute Gasteiger partial charge is 0.461 e. The molecule has 2 aliphatic rings. The van der Waals surface area contributed by atoms with Crippen molar-refractivity contribution in [3.8, 4) is 0 Å². The van der Waals surface area contributed by atoms with E-state index in [1.807, 2.05) is 13.0 Å². The first-order valence-corrected chi connectivity index (χ1v) is 11.5. The Morgan fingerprint density at radius 1 is 1.25 bits per heavy atom. The van der Waals surface area contributed by atoms with E-state index in [2.05, 4.69) is 16.4 Å². The standard InChI is InChI=1S/C23H29NO3S/c1-2-27-23(26)22-17(11-10-15-7-4-3-5-8-15)21-18(24-22)13-16(14-19(21)25)20-9-6-12-28-20/h6,9,12,15-16,24H,2-5,7-8,10-11,13-14H2,1H3/t16-/m1/s1. The highest BCUT2D eigenvalue weighted by atomic mass is 32.1. The van der Waals surface area contributed by atoms with Crippen LogP contribution in [0, 0.1) is 5.92 Å². The summed E-state index contributed by atoms with van der Waals surface area (Å²) in [7, 11) is 0. The number of carbonyl (C=O) groups is 2. The summed E-state index contributed by atoms with van der Waals surface area (Å²) < 4.78 is 5.29. The van der Waals surface area contributed by atoms with Gasteiger partial charge in [0.05, 0.1) is 6.61 Å². The van der Waals surface area contributed by atoms with Crippen molar-refractivity contribution in [1.82, 2.24) is 4.98 Å². The predicted octanol–water partition coefficient (Wildman–Crippen LogP) is 5.68. The average Bonchev–Trinajstić information content (AvgIpc) is 3.35. The topological polar surface area (TPSA) is 59.2 Å². The Morgan fingerprint density at radius 2 is 2.07 bits per heavy atom. The van der Waals surface area contributed by atoms with Crippen LogP contribution in [0.5, 0.6) is 0 Å². The number of esters is 1. The number of hydrogen-bond donors (Lipinski definition) is 1. The zero-order valence-electron chi connectivity index (χ0n) is 16.6. The third-order valence-corrected chi connectivity index (χ3v) is 7.33. The molecule has 4 nitrogen and oxygen atoms in total. The summed E-state index contributed by atoms with van der Waals surface area (Å²) in [6, 6.07) is 4.14. The monoisotopic (exact) mass is 399 g/mol. The Labute approximate surface area is 170 Å². The van der Waals surface area contributed by atoms with Crippen LogP contribution in [0.15, 0.2) is 17.5 Å². The summed E-state index contributed by atoms with van der Waals surface area (Å²) in [6.07, 6.45) is 9.67. The molecule has 0 amide bonds. The Hall–Kier alpha value is -1.88. The lowest BCUT2D eigenvalue weighted by Gasteiger charge is -2.23. The maximum Gasteiger partial charge on any atom is 0.355 e. The van der Waals surface area contributed by atoms with Gasteiger partial charge in [-0.2, -0.15) is 0 Å². The Kier molecular flexibility index (Phi) is 6.00. The van der Waals surface area contributed by atoms with E-state index in [0.717, 1.165) is 36.1 Å². The van der Waals surface area contributed by atoms with Gasteiger partial charge in [0.2, 0.25) is 0 Å². The van der Waals surface area contributed by atoms with Gasteiger partial charge in [-0.05, 0) is 49.1 Å². The molecule has 2 heterocycles. The van der Waals surface area contributed by atoms with Crippen molar-refractivity contribution < 1.29 is 14.3 Å². The third kappa shape index (κ3) is 3.95. The zero-order chi connectivity index (χ0) is 19.5. The molecule has 0 spiro atoms. The van der Waals surface area contributed by atoms with Gasteiger partial charge in [-0.15, -0.1) is 11.3 Å². The van der Waals surface area contributed by atoms with Gasteiger partial charge in [-0.3, -0.25) is 4.79 Å². The van der Waals surface area contributed by atoms with Crippen LogP contribution in [0.25, 0.3) is 0 Å². The summed E-state index contributed by atoms with van der Waals surface area (Å²) >= 11 is 1.70. The Morgan fingerprint density at radius 3 is 2.79 bits per heavy atom. The SMILES string of the molecule is CCOC(=O)c1[nH]c2c(c1CCC1CCCCC1)C(=O)C[C@H](c1cccs1)C2. The van der Waals surface area contributed by atoms with E-state index in [-0.39, 0.29) is 17.7 Å². The Bertz CT molecular complexity index is 830. The van der Waals surface area contributed by atoms with Gasteiger partial charge in [0.1, 0.15) is 5.69 Å². The molecule has 28 heavy (non-hydrogen) atoms. The van der Waals surface area contributed by atoms with Gasteiger partial charge in [0, 0.05) is 28.5 Å². The molecule has 0 unspecified atom stereocenters. The summed E-state index contributed by atoms with van der Waals surface area (Å²) in [5.74, 6) is 0.771. The summed E-state index contributed by atoms with van der Waals surface area (Å²) in [5, 5.41) is 2.06. The van der Waals surface area contributed by atoms with Crippen LogP contribution in [0.1, 0.15) is 94.8 Å². The number of carbonyl (C=O) groups excluding carboxylic acids is 2. The second-order valence-corrected chi connectivity index (χ2v) is 9.12. The van der Waals surface area contributed by atoms with Crippen LogP contribution in [-0.2, 0) is 17.6 Å². The minimum atomic E-state index is -0.323. The van der Waals surface area contributed by atoms with Crippen molar-refractivity contribution in [2.75, 3.05) is 6.61 Å². The van der Waals surface area contributed by atoms with Crippen molar-refractivity contribution in [2.24, 2.45) is 5.92 Å². The van der Waals surface area contributed by atoms with Crippen molar-refractivity contribution in [3.05, 3.63) is 44.9 Å². The molecule has 2 aromatic heterocycles. The highest BCUT2D eigenvalue weighted by molar-refractivity contribution is 7.10. The van der Waals surface area contributed by atoms with Crippen LogP contribution in [-0.4, -0.2) is 23.3 Å². The van der Waals surface area contributed by atoms with Gasteiger partial charge in [-0.1, -0.05) is 38.2 Å². The van der Waals surface area contributed by atoms with Gasteiger partial charge in [-0.25, -0.2) is 4.79 Å². The molecule has 0 saturated heterocycles. The van der Waals surface area contributed by atoms with Gasteiger partial charge in [0.25, 0.3) is 0 Å².